The number of hydroxylamine groups is 1. The molecule has 0 bridgehead atoms. The second-order valence-corrected chi connectivity index (χ2v) is 10.9. The third kappa shape index (κ3) is 5.41. The van der Waals surface area contributed by atoms with E-state index in [4.69, 9.17) is 31.9 Å². The van der Waals surface area contributed by atoms with Crippen LogP contribution in [0.3, 0.4) is 0 Å². The van der Waals surface area contributed by atoms with Gasteiger partial charge in [-0.3, -0.25) is 19.6 Å². The van der Waals surface area contributed by atoms with Gasteiger partial charge in [-0.05, 0) is 62.8 Å². The first-order valence-electron chi connectivity index (χ1n) is 13.4. The SMILES string of the molecule is COc1cc(C(=O)NCC(c2cc(N3CO3)c(C)c(-c3cc[nH]c(=O)c3Cl)n2)C2CC2)cc(C=NC2CC2)c1N. The average Bonchev–Trinajstić information content (AvgIpc) is 3.80. The molecule has 1 aromatic carbocycles. The number of nitrogens with one attached hydrogen (secondary N) is 2. The number of aromatic amines is 1. The first-order valence-corrected chi connectivity index (χ1v) is 13.8. The van der Waals surface area contributed by atoms with E-state index in [1.807, 2.05) is 13.0 Å². The van der Waals surface area contributed by atoms with Gasteiger partial charge in [0.1, 0.15) is 10.8 Å². The molecule has 3 fully saturated rings. The van der Waals surface area contributed by atoms with Gasteiger partial charge in [-0.25, -0.2) is 9.90 Å². The van der Waals surface area contributed by atoms with Crippen LogP contribution < -0.4 is 26.4 Å². The normalized spacial score (nSPS) is 17.2. The number of anilines is 2. The number of hydrogen-bond acceptors (Lipinski definition) is 8. The summed E-state index contributed by atoms with van der Waals surface area (Å²) in [6.45, 7) is 2.80. The Morgan fingerprint density at radius 1 is 1.35 bits per heavy atom. The van der Waals surface area contributed by atoms with Gasteiger partial charge in [-0.15, -0.1) is 0 Å². The molecular formula is C29H31ClN6O4. The van der Waals surface area contributed by atoms with Gasteiger partial charge in [-0.2, -0.15) is 0 Å². The summed E-state index contributed by atoms with van der Waals surface area (Å²) < 4.78 is 5.44. The quantitative estimate of drug-likeness (QED) is 0.191. The molecule has 6 rings (SSSR count). The summed E-state index contributed by atoms with van der Waals surface area (Å²) in [6.07, 6.45) is 7.53. The van der Waals surface area contributed by atoms with Gasteiger partial charge in [0, 0.05) is 52.8 Å². The number of aliphatic imine (C=N–C) groups is 1. The number of carbonyl (C=O) groups excluding carboxylic acids is 1. The van der Waals surface area contributed by atoms with E-state index in [-0.39, 0.29) is 22.4 Å². The standard InChI is InChI=1S/C29H31ClN6O4/c1-15-23(36-14-40-36)11-22(35-27(15)20-7-8-32-29(38)25(20)30)21(16-3-4-16)13-34-28(37)17-9-18(12-33-19-5-6-19)26(31)24(10-17)39-2/h7-12,16,19,21H,3-6,13-14,31H2,1-2H3,(H,32,38)(H,34,37). The Morgan fingerprint density at radius 3 is 2.80 bits per heavy atom. The number of nitrogen functional groups attached to an aromatic ring is 1. The highest BCUT2D eigenvalue weighted by atomic mass is 35.5. The van der Waals surface area contributed by atoms with Crippen LogP contribution in [-0.2, 0) is 4.84 Å². The van der Waals surface area contributed by atoms with Crippen molar-refractivity contribution in [3.05, 3.63) is 68.2 Å². The van der Waals surface area contributed by atoms with Crippen LogP contribution in [0.1, 0.15) is 58.8 Å². The number of rotatable bonds is 10. The van der Waals surface area contributed by atoms with E-state index in [0.29, 0.717) is 59.1 Å². The van der Waals surface area contributed by atoms with Crippen LogP contribution in [0.4, 0.5) is 11.4 Å². The fraction of sp³-hybridized carbons (Fsp3) is 0.379. The zero-order valence-electron chi connectivity index (χ0n) is 22.4. The lowest BCUT2D eigenvalue weighted by atomic mass is 9.95. The molecule has 0 radical (unpaired) electrons. The molecule has 1 unspecified atom stereocenters. The number of halogens is 1. The van der Waals surface area contributed by atoms with Crippen molar-refractivity contribution in [1.82, 2.24) is 15.3 Å². The molecule has 1 atom stereocenters. The third-order valence-corrected chi connectivity index (χ3v) is 8.00. The minimum Gasteiger partial charge on any atom is -0.495 e. The van der Waals surface area contributed by atoms with Crippen LogP contribution in [-0.4, -0.2) is 48.5 Å². The Balaban J connectivity index is 1.29. The van der Waals surface area contributed by atoms with Crippen LogP contribution in [0.15, 0.2) is 40.2 Å². The van der Waals surface area contributed by atoms with Crippen molar-refractivity contribution < 1.29 is 14.4 Å². The number of nitrogens with zero attached hydrogens (tertiary/aromatic N) is 3. The Hall–Kier alpha value is -3.89. The number of carbonyl (C=O) groups is 1. The summed E-state index contributed by atoms with van der Waals surface area (Å²) in [5.74, 6) is 0.549. The summed E-state index contributed by atoms with van der Waals surface area (Å²) in [5, 5.41) is 4.97. The monoisotopic (exact) mass is 562 g/mol. The zero-order chi connectivity index (χ0) is 28.0. The number of nitrogens with two attached hydrogens (primary N) is 1. The first-order chi connectivity index (χ1) is 19.3. The van der Waals surface area contributed by atoms with Gasteiger partial charge in [0.2, 0.25) is 0 Å². The minimum atomic E-state index is -0.373. The average molecular weight is 563 g/mol. The van der Waals surface area contributed by atoms with Gasteiger partial charge in [-0.1, -0.05) is 11.6 Å². The van der Waals surface area contributed by atoms with Crippen LogP contribution in [0.25, 0.3) is 11.3 Å². The lowest BCUT2D eigenvalue weighted by molar-refractivity contribution is 0.0949. The molecular weight excluding hydrogens is 532 g/mol. The van der Waals surface area contributed by atoms with Crippen molar-refractivity contribution in [1.29, 1.82) is 0 Å². The highest BCUT2D eigenvalue weighted by Crippen LogP contribution is 2.44. The number of methoxy groups -OCH3 is 1. The number of H-pyrrole nitrogens is 1. The first kappa shape index (κ1) is 26.3. The Kier molecular flexibility index (Phi) is 6.97. The molecule has 4 N–H and O–H groups in total. The summed E-state index contributed by atoms with van der Waals surface area (Å²) in [4.78, 5) is 43.2. The predicted molar refractivity (Wildman–Crippen MR) is 154 cm³/mol. The van der Waals surface area contributed by atoms with Gasteiger partial charge < -0.3 is 20.8 Å². The van der Waals surface area contributed by atoms with Crippen molar-refractivity contribution in [2.75, 3.05) is 31.2 Å². The molecule has 2 saturated carbocycles. The molecule has 3 heterocycles. The Bertz CT molecular complexity index is 1560. The number of pyridine rings is 2. The van der Waals surface area contributed by atoms with E-state index in [2.05, 4.69) is 15.3 Å². The van der Waals surface area contributed by atoms with Crippen LogP contribution in [0, 0.1) is 12.8 Å². The smallest absolute Gasteiger partial charge is 0.267 e. The summed E-state index contributed by atoms with van der Waals surface area (Å²) in [6, 6.07) is 7.50. The molecule has 3 aliphatic rings. The van der Waals surface area contributed by atoms with Crippen LogP contribution in [0.2, 0.25) is 5.02 Å². The zero-order valence-corrected chi connectivity index (χ0v) is 23.1. The van der Waals surface area contributed by atoms with E-state index in [9.17, 15) is 9.59 Å². The second-order valence-electron chi connectivity index (χ2n) is 10.6. The highest BCUT2D eigenvalue weighted by Gasteiger charge is 2.36. The fourth-order valence-corrected chi connectivity index (χ4v) is 5.12. The molecule has 3 aromatic rings. The summed E-state index contributed by atoms with van der Waals surface area (Å²) in [7, 11) is 1.53. The van der Waals surface area contributed by atoms with E-state index in [1.165, 1.54) is 7.11 Å². The minimum absolute atomic E-state index is 0.0330. The highest BCUT2D eigenvalue weighted by molar-refractivity contribution is 6.33. The van der Waals surface area contributed by atoms with Crippen molar-refractivity contribution in [3.63, 3.8) is 0 Å². The summed E-state index contributed by atoms with van der Waals surface area (Å²) in [5.41, 5.74) is 11.2. The molecule has 0 spiro atoms. The van der Waals surface area contributed by atoms with E-state index in [0.717, 1.165) is 42.6 Å². The Morgan fingerprint density at radius 2 is 2.12 bits per heavy atom. The number of aromatic nitrogens is 2. The molecule has 10 nitrogen and oxygen atoms in total. The fourth-order valence-electron chi connectivity index (χ4n) is 4.92. The molecule has 208 valence electrons. The maximum absolute atomic E-state index is 13.4. The molecule has 1 saturated heterocycles. The lowest BCUT2D eigenvalue weighted by Crippen LogP contribution is -2.30. The van der Waals surface area contributed by atoms with Gasteiger partial charge in [0.15, 0.2) is 6.73 Å². The number of ether oxygens (including phenoxy) is 1. The number of amides is 1. The third-order valence-electron chi connectivity index (χ3n) is 7.63. The van der Waals surface area contributed by atoms with Crippen molar-refractivity contribution in [2.24, 2.45) is 10.9 Å². The van der Waals surface area contributed by atoms with Crippen LogP contribution in [0.5, 0.6) is 5.75 Å². The Labute approximate surface area is 236 Å². The summed E-state index contributed by atoms with van der Waals surface area (Å²) >= 11 is 6.40. The topological polar surface area (TPSA) is 138 Å². The van der Waals surface area contributed by atoms with Crippen LogP contribution >= 0.6 is 11.6 Å². The van der Waals surface area contributed by atoms with Gasteiger partial charge >= 0.3 is 0 Å². The van der Waals surface area contributed by atoms with E-state index in [1.54, 1.807) is 35.7 Å². The molecule has 1 amide bonds. The number of hydrogen-bond donors (Lipinski definition) is 3. The molecule has 2 aliphatic carbocycles. The van der Waals surface area contributed by atoms with Gasteiger partial charge in [0.05, 0.1) is 30.2 Å². The van der Waals surface area contributed by atoms with Crippen molar-refractivity contribution >= 4 is 35.1 Å². The molecule has 40 heavy (non-hydrogen) atoms. The van der Waals surface area contributed by atoms with Crippen molar-refractivity contribution in [3.8, 4) is 17.0 Å². The van der Waals surface area contributed by atoms with E-state index >= 15 is 0 Å². The molecule has 1 aliphatic heterocycles. The lowest BCUT2D eigenvalue weighted by Gasteiger charge is -2.21. The van der Waals surface area contributed by atoms with E-state index < -0.39 is 0 Å². The van der Waals surface area contributed by atoms with Crippen molar-refractivity contribution in [2.45, 2.75) is 44.6 Å². The molecule has 11 heteroatoms. The van der Waals surface area contributed by atoms with Gasteiger partial charge in [0.25, 0.3) is 11.5 Å². The second kappa shape index (κ2) is 10.6. The molecule has 2 aromatic heterocycles. The predicted octanol–water partition coefficient (Wildman–Crippen LogP) is 4.20. The maximum Gasteiger partial charge on any atom is 0.267 e. The number of benzene rings is 1. The maximum atomic E-state index is 13.4. The largest absolute Gasteiger partial charge is 0.495 e.